The molecule has 0 spiro atoms. The van der Waals surface area contributed by atoms with Gasteiger partial charge in [-0.1, -0.05) is 0 Å². The Kier molecular flexibility index (Phi) is 2.97. The van der Waals surface area contributed by atoms with Crippen molar-refractivity contribution in [3.63, 3.8) is 0 Å². The molecule has 2 rings (SSSR count). The van der Waals surface area contributed by atoms with Crippen LogP contribution in [0.1, 0.15) is 16.8 Å². The predicted molar refractivity (Wildman–Crippen MR) is 62.7 cm³/mol. The SMILES string of the molecule is COC1CCN(c2snc(N)c2C(N)=O)C1. The lowest BCUT2D eigenvalue weighted by Gasteiger charge is -2.16. The standard InChI is InChI=1S/C9H14N4O2S/c1-15-5-2-3-13(4-5)9-6(8(11)14)7(10)12-16-9/h5H,2-4H2,1H3,(H2,10,12)(H2,11,14). The van der Waals surface area contributed by atoms with Crippen LogP contribution in [0.15, 0.2) is 0 Å². The van der Waals surface area contributed by atoms with Gasteiger partial charge in [-0.3, -0.25) is 4.79 Å². The van der Waals surface area contributed by atoms with E-state index in [1.54, 1.807) is 7.11 Å². The number of methoxy groups -OCH3 is 1. The Bertz CT molecular complexity index is 406. The summed E-state index contributed by atoms with van der Waals surface area (Å²) < 4.78 is 9.23. The first kappa shape index (κ1) is 11.2. The number of aromatic nitrogens is 1. The molecule has 4 N–H and O–H groups in total. The topological polar surface area (TPSA) is 94.5 Å². The molecule has 1 aliphatic heterocycles. The maximum atomic E-state index is 11.3. The van der Waals surface area contributed by atoms with E-state index in [9.17, 15) is 4.79 Å². The second-order valence-electron chi connectivity index (χ2n) is 3.70. The van der Waals surface area contributed by atoms with Crippen LogP contribution < -0.4 is 16.4 Å². The smallest absolute Gasteiger partial charge is 0.255 e. The molecule has 7 heteroatoms. The van der Waals surface area contributed by atoms with Crippen molar-refractivity contribution in [1.82, 2.24) is 4.37 Å². The Labute approximate surface area is 97.3 Å². The van der Waals surface area contributed by atoms with E-state index >= 15 is 0 Å². The number of hydrogen-bond acceptors (Lipinski definition) is 6. The quantitative estimate of drug-likeness (QED) is 0.781. The number of ether oxygens (including phenoxy) is 1. The van der Waals surface area contributed by atoms with Crippen LogP contribution >= 0.6 is 11.5 Å². The van der Waals surface area contributed by atoms with Crippen LogP contribution in [0.5, 0.6) is 0 Å². The minimum atomic E-state index is -0.526. The molecule has 1 fully saturated rings. The maximum absolute atomic E-state index is 11.3. The van der Waals surface area contributed by atoms with Crippen molar-refractivity contribution in [1.29, 1.82) is 0 Å². The van der Waals surface area contributed by atoms with E-state index in [4.69, 9.17) is 16.2 Å². The largest absolute Gasteiger partial charge is 0.382 e. The highest BCUT2D eigenvalue weighted by Gasteiger charge is 2.28. The highest BCUT2D eigenvalue weighted by atomic mass is 32.1. The summed E-state index contributed by atoms with van der Waals surface area (Å²) in [5.41, 5.74) is 11.2. The number of anilines is 2. The number of amides is 1. The van der Waals surface area contributed by atoms with Crippen LogP contribution in [0.25, 0.3) is 0 Å². The van der Waals surface area contributed by atoms with E-state index in [1.165, 1.54) is 11.5 Å². The number of nitrogen functional groups attached to an aromatic ring is 1. The van der Waals surface area contributed by atoms with Gasteiger partial charge < -0.3 is 21.1 Å². The highest BCUT2D eigenvalue weighted by molar-refractivity contribution is 7.11. The van der Waals surface area contributed by atoms with Gasteiger partial charge in [0, 0.05) is 20.2 Å². The second-order valence-corrected chi connectivity index (χ2v) is 4.46. The Morgan fingerprint density at radius 1 is 1.69 bits per heavy atom. The number of nitrogens with two attached hydrogens (primary N) is 2. The van der Waals surface area contributed by atoms with Crippen molar-refractivity contribution in [3.8, 4) is 0 Å². The molecule has 88 valence electrons. The molecule has 0 aliphatic carbocycles. The van der Waals surface area contributed by atoms with Gasteiger partial charge in [-0.2, -0.15) is 4.37 Å². The molecule has 1 saturated heterocycles. The lowest BCUT2D eigenvalue weighted by molar-refractivity contribution is 0.100. The lowest BCUT2D eigenvalue weighted by atomic mass is 10.3. The van der Waals surface area contributed by atoms with Crippen LogP contribution in [-0.4, -0.2) is 36.6 Å². The van der Waals surface area contributed by atoms with Crippen LogP contribution in [0, 0.1) is 0 Å². The van der Waals surface area contributed by atoms with Crippen molar-refractivity contribution < 1.29 is 9.53 Å². The molecule has 1 atom stereocenters. The molecule has 1 unspecified atom stereocenters. The maximum Gasteiger partial charge on any atom is 0.255 e. The summed E-state index contributed by atoms with van der Waals surface area (Å²) in [7, 11) is 1.68. The van der Waals surface area contributed by atoms with Gasteiger partial charge in [-0.15, -0.1) is 0 Å². The molecule has 2 heterocycles. The Morgan fingerprint density at radius 3 is 3.00 bits per heavy atom. The summed E-state index contributed by atoms with van der Waals surface area (Å²) in [6.07, 6.45) is 1.14. The fourth-order valence-corrected chi connectivity index (χ4v) is 2.70. The van der Waals surface area contributed by atoms with Gasteiger partial charge in [-0.05, 0) is 18.0 Å². The average molecular weight is 242 g/mol. The molecule has 1 aliphatic rings. The molecule has 0 bridgehead atoms. The molecular formula is C9H14N4O2S. The van der Waals surface area contributed by atoms with Gasteiger partial charge in [0.05, 0.1) is 6.10 Å². The molecule has 0 aromatic carbocycles. The highest BCUT2D eigenvalue weighted by Crippen LogP contribution is 2.32. The minimum Gasteiger partial charge on any atom is -0.382 e. The summed E-state index contributed by atoms with van der Waals surface area (Å²) in [5, 5.41) is 0.754. The zero-order chi connectivity index (χ0) is 11.7. The number of nitrogens with zero attached hydrogens (tertiary/aromatic N) is 2. The number of primary amides is 1. The van der Waals surface area contributed by atoms with Gasteiger partial charge >= 0.3 is 0 Å². The van der Waals surface area contributed by atoms with E-state index < -0.39 is 5.91 Å². The molecular weight excluding hydrogens is 228 g/mol. The van der Waals surface area contributed by atoms with E-state index in [1.807, 2.05) is 4.90 Å². The van der Waals surface area contributed by atoms with Gasteiger partial charge in [-0.25, -0.2) is 0 Å². The first-order valence-electron chi connectivity index (χ1n) is 4.96. The van der Waals surface area contributed by atoms with Crippen molar-refractivity contribution in [3.05, 3.63) is 5.56 Å². The summed E-state index contributed by atoms with van der Waals surface area (Å²) >= 11 is 1.21. The van der Waals surface area contributed by atoms with Crippen LogP contribution in [-0.2, 0) is 4.74 Å². The van der Waals surface area contributed by atoms with Gasteiger partial charge in [0.1, 0.15) is 10.6 Å². The van der Waals surface area contributed by atoms with E-state index in [0.29, 0.717) is 5.56 Å². The van der Waals surface area contributed by atoms with E-state index in [0.717, 1.165) is 24.5 Å². The number of carbonyl (C=O) groups excluding carboxylic acids is 1. The third kappa shape index (κ3) is 1.83. The zero-order valence-electron chi connectivity index (χ0n) is 8.97. The minimum absolute atomic E-state index is 0.198. The summed E-state index contributed by atoms with van der Waals surface area (Å²) in [6, 6.07) is 0. The van der Waals surface area contributed by atoms with Gasteiger partial charge in [0.2, 0.25) is 0 Å². The molecule has 0 radical (unpaired) electrons. The Morgan fingerprint density at radius 2 is 2.44 bits per heavy atom. The Balaban J connectivity index is 2.25. The first-order valence-corrected chi connectivity index (χ1v) is 5.73. The number of rotatable bonds is 3. The zero-order valence-corrected chi connectivity index (χ0v) is 9.79. The molecule has 1 aromatic heterocycles. The van der Waals surface area contributed by atoms with E-state index in [2.05, 4.69) is 4.37 Å². The number of carbonyl (C=O) groups is 1. The molecule has 1 amide bonds. The molecule has 16 heavy (non-hydrogen) atoms. The van der Waals surface area contributed by atoms with Crippen LogP contribution in [0.2, 0.25) is 0 Å². The van der Waals surface area contributed by atoms with Crippen molar-refractivity contribution in [2.45, 2.75) is 12.5 Å². The first-order chi connectivity index (χ1) is 7.63. The van der Waals surface area contributed by atoms with E-state index in [-0.39, 0.29) is 11.9 Å². The second kappa shape index (κ2) is 4.26. The van der Waals surface area contributed by atoms with Gasteiger partial charge in [0.15, 0.2) is 5.82 Å². The fourth-order valence-electron chi connectivity index (χ4n) is 1.85. The monoisotopic (exact) mass is 242 g/mol. The lowest BCUT2D eigenvalue weighted by Crippen LogP contribution is -2.24. The van der Waals surface area contributed by atoms with Crippen molar-refractivity contribution >= 4 is 28.3 Å². The van der Waals surface area contributed by atoms with Crippen LogP contribution in [0.3, 0.4) is 0 Å². The summed E-state index contributed by atoms with van der Waals surface area (Å²) in [5.74, 6) is -0.310. The third-order valence-electron chi connectivity index (χ3n) is 2.71. The number of hydrogen-bond donors (Lipinski definition) is 2. The van der Waals surface area contributed by atoms with Crippen LogP contribution in [0.4, 0.5) is 10.8 Å². The Hall–Kier alpha value is -1.34. The predicted octanol–water partition coefficient (Wildman–Crippen LogP) is 0.0493. The van der Waals surface area contributed by atoms with Crippen molar-refractivity contribution in [2.75, 3.05) is 30.8 Å². The van der Waals surface area contributed by atoms with Gasteiger partial charge in [0.25, 0.3) is 5.91 Å². The summed E-state index contributed by atoms with van der Waals surface area (Å²) in [4.78, 5) is 13.3. The molecule has 6 nitrogen and oxygen atoms in total. The normalized spacial score (nSPS) is 20.3. The third-order valence-corrected chi connectivity index (χ3v) is 3.64. The fraction of sp³-hybridized carbons (Fsp3) is 0.556. The van der Waals surface area contributed by atoms with Crippen molar-refractivity contribution in [2.24, 2.45) is 5.73 Å². The summed E-state index contributed by atoms with van der Waals surface area (Å²) in [6.45, 7) is 1.58. The molecule has 1 aromatic rings. The molecule has 0 saturated carbocycles. The average Bonchev–Trinajstić information content (AvgIpc) is 2.82.